The van der Waals surface area contributed by atoms with Crippen LogP contribution in [0.2, 0.25) is 5.02 Å². The van der Waals surface area contributed by atoms with Crippen LogP contribution in [0.25, 0.3) is 0 Å². The van der Waals surface area contributed by atoms with Crippen molar-refractivity contribution in [2.75, 3.05) is 4.90 Å². The fourth-order valence-electron chi connectivity index (χ4n) is 2.43. The van der Waals surface area contributed by atoms with Gasteiger partial charge in [-0.3, -0.25) is 9.59 Å². The van der Waals surface area contributed by atoms with Crippen LogP contribution in [0.4, 0.5) is 10.5 Å². The van der Waals surface area contributed by atoms with Crippen LogP contribution in [0.3, 0.4) is 0 Å². The molecule has 1 aliphatic heterocycles. The van der Waals surface area contributed by atoms with Gasteiger partial charge in [-0.05, 0) is 61.7 Å². The first-order valence-electron chi connectivity index (χ1n) is 6.23. The largest absolute Gasteiger partial charge is 0.351 e. The molecule has 1 unspecified atom stereocenters. The van der Waals surface area contributed by atoms with Crippen LogP contribution in [0.1, 0.15) is 21.2 Å². The van der Waals surface area contributed by atoms with Crippen molar-refractivity contribution >= 4 is 78.2 Å². The van der Waals surface area contributed by atoms with E-state index in [9.17, 15) is 14.4 Å². The number of ketones is 1. The summed E-state index contributed by atoms with van der Waals surface area (Å²) in [6.45, 7) is 0. The molecule has 23 heavy (non-hydrogen) atoms. The highest BCUT2D eigenvalue weighted by atomic mass is 79.9. The fraction of sp³-hybridized carbons (Fsp3) is 0.0714. The lowest BCUT2D eigenvalue weighted by molar-refractivity contribution is -0.117. The summed E-state index contributed by atoms with van der Waals surface area (Å²) in [7, 11) is 0. The molecular formula is C14H7Br2ClN2O3S. The molecule has 0 bridgehead atoms. The first-order chi connectivity index (χ1) is 10.8. The Labute approximate surface area is 156 Å². The van der Waals surface area contributed by atoms with Crippen molar-refractivity contribution < 1.29 is 14.4 Å². The molecule has 5 nitrogen and oxygen atoms in total. The number of imide groups is 1. The van der Waals surface area contributed by atoms with Gasteiger partial charge in [-0.2, -0.15) is 0 Å². The van der Waals surface area contributed by atoms with Crippen molar-refractivity contribution in [1.29, 1.82) is 0 Å². The van der Waals surface area contributed by atoms with Crippen LogP contribution in [0, 0.1) is 0 Å². The minimum atomic E-state index is -1.13. The van der Waals surface area contributed by atoms with Gasteiger partial charge in [0.2, 0.25) is 0 Å². The minimum Gasteiger partial charge on any atom is -0.351 e. The van der Waals surface area contributed by atoms with E-state index in [0.717, 1.165) is 13.2 Å². The van der Waals surface area contributed by atoms with E-state index in [1.165, 1.54) is 29.5 Å². The maximum Gasteiger partial charge on any atom is 0.326 e. The number of nitrogens with two attached hydrogens (primary N) is 1. The number of fused-ring (bicyclic) bond motifs is 1. The van der Waals surface area contributed by atoms with Crippen molar-refractivity contribution in [3.05, 3.63) is 48.0 Å². The smallest absolute Gasteiger partial charge is 0.326 e. The molecule has 0 aliphatic carbocycles. The lowest BCUT2D eigenvalue weighted by atomic mass is 9.95. The number of hydrogen-bond acceptors (Lipinski definition) is 4. The van der Waals surface area contributed by atoms with Gasteiger partial charge >= 0.3 is 6.03 Å². The first-order valence-corrected chi connectivity index (χ1v) is 9.01. The quantitative estimate of drug-likeness (QED) is 0.516. The number of urea groups is 1. The van der Waals surface area contributed by atoms with Gasteiger partial charge in [0, 0.05) is 9.50 Å². The molecule has 1 aromatic carbocycles. The SMILES string of the molecule is NC(=O)N1C(=O)C(C(=O)c2cc(Br)c(Br)s2)c2cc(Cl)ccc21. The number of thiophene rings is 1. The van der Waals surface area contributed by atoms with E-state index < -0.39 is 23.6 Å². The highest BCUT2D eigenvalue weighted by Gasteiger charge is 2.44. The zero-order chi connectivity index (χ0) is 16.9. The number of nitrogens with zero attached hydrogens (tertiary/aromatic N) is 1. The summed E-state index contributed by atoms with van der Waals surface area (Å²) < 4.78 is 1.46. The Balaban J connectivity index is 2.12. The molecule has 0 spiro atoms. The maximum absolute atomic E-state index is 12.8. The predicted molar refractivity (Wildman–Crippen MR) is 95.3 cm³/mol. The highest BCUT2D eigenvalue weighted by Crippen LogP contribution is 2.42. The molecule has 0 saturated carbocycles. The monoisotopic (exact) mass is 476 g/mol. The zero-order valence-corrected chi connectivity index (χ0v) is 15.9. The molecule has 1 aromatic heterocycles. The third-order valence-corrected chi connectivity index (χ3v) is 6.89. The Morgan fingerprint density at radius 1 is 1.26 bits per heavy atom. The second kappa shape index (κ2) is 6.01. The number of rotatable bonds is 2. The summed E-state index contributed by atoms with van der Waals surface area (Å²) in [5.74, 6) is -2.20. The fourth-order valence-corrected chi connectivity index (χ4v) is 4.62. The molecule has 1 aliphatic rings. The number of benzene rings is 1. The van der Waals surface area contributed by atoms with Crippen molar-refractivity contribution in [1.82, 2.24) is 0 Å². The average molecular weight is 479 g/mol. The molecule has 2 aromatic rings. The van der Waals surface area contributed by atoms with E-state index in [4.69, 9.17) is 17.3 Å². The predicted octanol–water partition coefficient (Wildman–Crippen LogP) is 4.32. The highest BCUT2D eigenvalue weighted by molar-refractivity contribution is 9.13. The summed E-state index contributed by atoms with van der Waals surface area (Å²) in [4.78, 5) is 38.1. The minimum absolute atomic E-state index is 0.292. The third kappa shape index (κ3) is 2.73. The molecule has 9 heteroatoms. The number of carbonyl (C=O) groups excluding carboxylic acids is 3. The molecule has 1 atom stereocenters. The van der Waals surface area contributed by atoms with E-state index in [0.29, 0.717) is 21.2 Å². The third-order valence-electron chi connectivity index (χ3n) is 3.38. The molecule has 0 radical (unpaired) electrons. The summed E-state index contributed by atoms with van der Waals surface area (Å²) >= 11 is 13.8. The van der Waals surface area contributed by atoms with Gasteiger partial charge in [0.05, 0.1) is 14.4 Å². The Morgan fingerprint density at radius 2 is 1.96 bits per heavy atom. The number of halogens is 3. The first kappa shape index (κ1) is 16.6. The Bertz CT molecular complexity index is 848. The zero-order valence-electron chi connectivity index (χ0n) is 11.2. The van der Waals surface area contributed by atoms with Gasteiger partial charge in [-0.1, -0.05) is 11.6 Å². The standard InChI is InChI=1S/C14H7Br2ClN2O3S/c15-7-4-9(23-12(7)16)11(20)10-6-3-5(17)1-2-8(6)19(13(10)21)14(18)22/h1-4,10H,(H2,18,22). The number of hydrogen-bond donors (Lipinski definition) is 1. The molecular weight excluding hydrogens is 471 g/mol. The van der Waals surface area contributed by atoms with Crippen LogP contribution >= 0.6 is 54.8 Å². The van der Waals surface area contributed by atoms with Crippen LogP contribution in [-0.2, 0) is 4.79 Å². The molecule has 2 N–H and O–H groups in total. The lowest BCUT2D eigenvalue weighted by Gasteiger charge is -2.12. The van der Waals surface area contributed by atoms with E-state index in [2.05, 4.69) is 31.9 Å². The van der Waals surface area contributed by atoms with Gasteiger partial charge in [0.15, 0.2) is 5.78 Å². The van der Waals surface area contributed by atoms with Crippen LogP contribution in [0.5, 0.6) is 0 Å². The van der Waals surface area contributed by atoms with E-state index in [1.807, 2.05) is 0 Å². The number of carbonyl (C=O) groups is 3. The van der Waals surface area contributed by atoms with Gasteiger partial charge < -0.3 is 5.73 Å². The summed E-state index contributed by atoms with van der Waals surface area (Å²) in [5.41, 5.74) is 5.95. The van der Waals surface area contributed by atoms with Crippen molar-refractivity contribution in [2.45, 2.75) is 5.92 Å². The number of primary amides is 1. The van der Waals surface area contributed by atoms with Gasteiger partial charge in [-0.25, -0.2) is 9.69 Å². The van der Waals surface area contributed by atoms with Crippen molar-refractivity contribution in [3.63, 3.8) is 0 Å². The normalized spacial score (nSPS) is 16.6. The number of anilines is 1. The van der Waals surface area contributed by atoms with Crippen LogP contribution in [-0.4, -0.2) is 17.7 Å². The Hall–Kier alpha value is -1.22. The van der Waals surface area contributed by atoms with E-state index in [-0.39, 0.29) is 0 Å². The molecule has 0 saturated heterocycles. The van der Waals surface area contributed by atoms with E-state index >= 15 is 0 Å². The second-order valence-electron chi connectivity index (χ2n) is 4.74. The molecule has 3 amide bonds. The molecule has 0 fully saturated rings. The van der Waals surface area contributed by atoms with Gasteiger partial charge in [-0.15, -0.1) is 11.3 Å². The number of amides is 3. The van der Waals surface area contributed by atoms with E-state index in [1.54, 1.807) is 6.07 Å². The summed E-state index contributed by atoms with van der Waals surface area (Å²) in [5, 5.41) is 0.370. The number of Topliss-reactive ketones (excluding diaryl/α,β-unsaturated/α-hetero) is 1. The molecule has 2 heterocycles. The molecule has 118 valence electrons. The van der Waals surface area contributed by atoms with Crippen molar-refractivity contribution in [2.24, 2.45) is 5.73 Å². The maximum atomic E-state index is 12.8. The van der Waals surface area contributed by atoms with Crippen LogP contribution < -0.4 is 10.6 Å². The molecule has 3 rings (SSSR count). The average Bonchev–Trinajstić information content (AvgIpc) is 2.95. The Morgan fingerprint density at radius 3 is 2.52 bits per heavy atom. The second-order valence-corrected chi connectivity index (χ2v) is 8.41. The summed E-state index contributed by atoms with van der Waals surface area (Å²) in [6, 6.07) is 5.25. The lowest BCUT2D eigenvalue weighted by Crippen LogP contribution is -2.40. The van der Waals surface area contributed by atoms with Gasteiger partial charge in [0.25, 0.3) is 5.91 Å². The van der Waals surface area contributed by atoms with Crippen LogP contribution in [0.15, 0.2) is 32.5 Å². The summed E-state index contributed by atoms with van der Waals surface area (Å²) in [6.07, 6.45) is 0. The Kier molecular flexibility index (Phi) is 4.35. The van der Waals surface area contributed by atoms with Crippen molar-refractivity contribution in [3.8, 4) is 0 Å². The topological polar surface area (TPSA) is 80.5 Å². The van der Waals surface area contributed by atoms with Gasteiger partial charge in [0.1, 0.15) is 5.92 Å².